The van der Waals surface area contributed by atoms with Crippen LogP contribution in [0.3, 0.4) is 0 Å². The molecular formula is C22H28O4. The molecule has 2 aromatic carbocycles. The van der Waals surface area contributed by atoms with Crippen molar-refractivity contribution in [2.75, 3.05) is 0 Å². The van der Waals surface area contributed by atoms with E-state index >= 15 is 0 Å². The highest BCUT2D eigenvalue weighted by molar-refractivity contribution is 5.74. The molecule has 0 bridgehead atoms. The highest BCUT2D eigenvalue weighted by atomic mass is 16.4. The van der Waals surface area contributed by atoms with E-state index in [1.807, 2.05) is 88.4 Å². The minimum absolute atomic E-state index is 0.480. The lowest BCUT2D eigenvalue weighted by molar-refractivity contribution is -0.147. The highest BCUT2D eigenvalue weighted by Gasteiger charge is 2.47. The Hall–Kier alpha value is -2.62. The Bertz CT molecular complexity index is 663. The fourth-order valence-electron chi connectivity index (χ4n) is 3.59. The van der Waals surface area contributed by atoms with Gasteiger partial charge in [0.2, 0.25) is 0 Å². The van der Waals surface area contributed by atoms with Gasteiger partial charge in [0.25, 0.3) is 5.97 Å². The van der Waals surface area contributed by atoms with Gasteiger partial charge in [0.15, 0.2) is 0 Å². The molecule has 0 saturated heterocycles. The van der Waals surface area contributed by atoms with Crippen molar-refractivity contribution < 1.29 is 19.8 Å². The first-order valence-electron chi connectivity index (χ1n) is 8.54. The van der Waals surface area contributed by atoms with Crippen molar-refractivity contribution in [2.45, 2.75) is 45.4 Å². The average molecular weight is 356 g/mol. The Kier molecular flexibility index (Phi) is 7.13. The van der Waals surface area contributed by atoms with E-state index in [0.717, 1.165) is 18.1 Å². The fraction of sp³-hybridized carbons (Fsp3) is 0.364. The molecule has 26 heavy (non-hydrogen) atoms. The van der Waals surface area contributed by atoms with Crippen LogP contribution in [-0.2, 0) is 20.4 Å². The lowest BCUT2D eigenvalue weighted by Crippen LogP contribution is -2.46. The molecule has 0 heterocycles. The molecule has 0 aromatic heterocycles. The van der Waals surface area contributed by atoms with Crippen molar-refractivity contribution in [3.8, 4) is 0 Å². The maximum atomic E-state index is 12.1. The first-order chi connectivity index (χ1) is 12.0. The second-order valence-electron chi connectivity index (χ2n) is 7.47. The van der Waals surface area contributed by atoms with E-state index in [-0.39, 0.29) is 0 Å². The van der Waals surface area contributed by atoms with Crippen LogP contribution < -0.4 is 0 Å². The number of rotatable bonds is 5. The summed E-state index contributed by atoms with van der Waals surface area (Å²) in [6, 6.07) is 19.8. The van der Waals surface area contributed by atoms with Crippen molar-refractivity contribution in [1.82, 2.24) is 0 Å². The van der Waals surface area contributed by atoms with Crippen LogP contribution in [0.2, 0.25) is 0 Å². The van der Waals surface area contributed by atoms with Crippen LogP contribution in [0.1, 0.15) is 45.7 Å². The second-order valence-corrected chi connectivity index (χ2v) is 7.47. The molecule has 2 aromatic rings. The number of aliphatic carboxylic acids is 2. The van der Waals surface area contributed by atoms with E-state index < -0.39 is 28.7 Å². The molecule has 2 rings (SSSR count). The molecular weight excluding hydrogens is 328 g/mol. The van der Waals surface area contributed by atoms with Gasteiger partial charge in [-0.25, -0.2) is 0 Å². The van der Waals surface area contributed by atoms with Gasteiger partial charge in [-0.1, -0.05) is 88.4 Å². The number of benzene rings is 2. The minimum atomic E-state index is -0.833. The Morgan fingerprint density at radius 1 is 0.731 bits per heavy atom. The van der Waals surface area contributed by atoms with Gasteiger partial charge < -0.3 is 10.2 Å². The third-order valence-electron chi connectivity index (χ3n) is 4.73. The quantitative estimate of drug-likeness (QED) is 0.812. The van der Waals surface area contributed by atoms with E-state index in [2.05, 4.69) is 0 Å². The monoisotopic (exact) mass is 356 g/mol. The maximum absolute atomic E-state index is 12.1. The highest BCUT2D eigenvalue weighted by Crippen LogP contribution is 2.44. The zero-order valence-electron chi connectivity index (χ0n) is 16.1. The summed E-state index contributed by atoms with van der Waals surface area (Å²) in [5.41, 5.74) is 1.14. The predicted octanol–water partition coefficient (Wildman–Crippen LogP) is 4.73. The van der Waals surface area contributed by atoms with Crippen LogP contribution in [0.15, 0.2) is 60.7 Å². The summed E-state index contributed by atoms with van der Waals surface area (Å²) in [4.78, 5) is 21.1. The molecule has 2 N–H and O–H groups in total. The van der Waals surface area contributed by atoms with Crippen molar-refractivity contribution in [1.29, 1.82) is 0 Å². The molecule has 0 radical (unpaired) electrons. The van der Waals surface area contributed by atoms with Gasteiger partial charge in [-0.2, -0.15) is 0 Å². The molecule has 4 nitrogen and oxygen atoms in total. The summed E-state index contributed by atoms with van der Waals surface area (Å²) < 4.78 is 0. The summed E-state index contributed by atoms with van der Waals surface area (Å²) in [5.74, 6) is -2.13. The number of carboxylic acids is 2. The van der Waals surface area contributed by atoms with Crippen LogP contribution in [-0.4, -0.2) is 22.2 Å². The smallest absolute Gasteiger partial charge is 0.308 e. The summed E-state index contributed by atoms with van der Waals surface area (Å²) in [6.45, 7) is 9.16. The molecule has 0 saturated carbocycles. The molecule has 0 unspecified atom stereocenters. The van der Waals surface area contributed by atoms with Crippen LogP contribution in [0.4, 0.5) is 0 Å². The first kappa shape index (κ1) is 21.4. The number of carbonyl (C=O) groups is 2. The van der Waals surface area contributed by atoms with Crippen molar-refractivity contribution in [3.63, 3.8) is 0 Å². The topological polar surface area (TPSA) is 74.6 Å². The molecule has 4 heteroatoms. The molecule has 0 spiro atoms. The SMILES string of the molecule is CC(=O)O.CC(C)(c1ccccc1)C(C(=O)O)C(C)(C)c1ccccc1. The number of carboxylic acid groups (broad SMARTS) is 2. The van der Waals surface area contributed by atoms with Gasteiger partial charge >= 0.3 is 5.97 Å². The molecule has 0 aliphatic rings. The van der Waals surface area contributed by atoms with Crippen molar-refractivity contribution in [2.24, 2.45) is 5.92 Å². The van der Waals surface area contributed by atoms with Gasteiger partial charge in [0.1, 0.15) is 0 Å². The van der Waals surface area contributed by atoms with E-state index in [1.54, 1.807) is 0 Å². The van der Waals surface area contributed by atoms with Gasteiger partial charge in [-0.05, 0) is 11.1 Å². The zero-order valence-corrected chi connectivity index (χ0v) is 16.1. The standard InChI is InChI=1S/C20H24O2.C2H4O2/c1-19(2,15-11-7-5-8-12-15)17(18(21)22)20(3,4)16-13-9-6-10-14-16;1-2(3)4/h5-14,17H,1-4H3,(H,21,22);1H3,(H,3,4). The van der Waals surface area contributed by atoms with E-state index in [4.69, 9.17) is 9.90 Å². The van der Waals surface area contributed by atoms with Crippen LogP contribution >= 0.6 is 0 Å². The summed E-state index contributed by atoms with van der Waals surface area (Å²) in [5, 5.41) is 17.4. The third kappa shape index (κ3) is 5.19. The molecule has 0 aliphatic heterocycles. The van der Waals surface area contributed by atoms with E-state index in [1.165, 1.54) is 0 Å². The lowest BCUT2D eigenvalue weighted by atomic mass is 9.60. The van der Waals surface area contributed by atoms with E-state index in [9.17, 15) is 9.90 Å². The summed E-state index contributed by atoms with van der Waals surface area (Å²) in [7, 11) is 0. The Morgan fingerprint density at radius 3 is 1.23 bits per heavy atom. The zero-order chi connectivity index (χ0) is 20.0. The van der Waals surface area contributed by atoms with Crippen LogP contribution in [0, 0.1) is 5.92 Å². The normalized spacial score (nSPS) is 11.5. The van der Waals surface area contributed by atoms with Crippen LogP contribution in [0.5, 0.6) is 0 Å². The number of hydrogen-bond donors (Lipinski definition) is 2. The lowest BCUT2D eigenvalue weighted by Gasteiger charge is -2.42. The molecule has 0 amide bonds. The van der Waals surface area contributed by atoms with Gasteiger partial charge in [-0.15, -0.1) is 0 Å². The van der Waals surface area contributed by atoms with Gasteiger partial charge in [-0.3, -0.25) is 9.59 Å². The minimum Gasteiger partial charge on any atom is -0.481 e. The predicted molar refractivity (Wildman–Crippen MR) is 103 cm³/mol. The Balaban J connectivity index is 0.000000765. The molecule has 0 aliphatic carbocycles. The second kappa shape index (κ2) is 8.65. The van der Waals surface area contributed by atoms with Gasteiger partial charge in [0, 0.05) is 17.8 Å². The maximum Gasteiger partial charge on any atom is 0.308 e. The number of hydrogen-bond acceptors (Lipinski definition) is 2. The first-order valence-corrected chi connectivity index (χ1v) is 8.54. The summed E-state index contributed by atoms with van der Waals surface area (Å²) in [6.07, 6.45) is 0. The van der Waals surface area contributed by atoms with Crippen molar-refractivity contribution in [3.05, 3.63) is 71.8 Å². The van der Waals surface area contributed by atoms with Crippen LogP contribution in [0.25, 0.3) is 0 Å². The van der Waals surface area contributed by atoms with Gasteiger partial charge in [0.05, 0.1) is 5.92 Å². The van der Waals surface area contributed by atoms with Crippen molar-refractivity contribution >= 4 is 11.9 Å². The Labute approximate surface area is 155 Å². The summed E-state index contributed by atoms with van der Waals surface area (Å²) >= 11 is 0. The Morgan fingerprint density at radius 2 is 1.00 bits per heavy atom. The molecule has 0 atom stereocenters. The van der Waals surface area contributed by atoms with E-state index in [0.29, 0.717) is 0 Å². The largest absolute Gasteiger partial charge is 0.481 e. The third-order valence-corrected chi connectivity index (χ3v) is 4.73. The molecule has 140 valence electrons. The average Bonchev–Trinajstić information content (AvgIpc) is 2.55. The molecule has 0 fully saturated rings. The fourth-order valence-corrected chi connectivity index (χ4v) is 3.59.